The van der Waals surface area contributed by atoms with Gasteiger partial charge in [0.15, 0.2) is 11.2 Å². The Balaban J connectivity index is 2.30. The summed E-state index contributed by atoms with van der Waals surface area (Å²) in [4.78, 5) is 29.5. The summed E-state index contributed by atoms with van der Waals surface area (Å²) in [6.45, 7) is 4.09. The lowest BCUT2D eigenvalue weighted by molar-refractivity contribution is -0.000310. The van der Waals surface area contributed by atoms with Crippen LogP contribution in [0.2, 0.25) is 0 Å². The molecule has 0 aliphatic rings. The molecule has 0 aliphatic heterocycles. The molecule has 0 aliphatic carbocycles. The van der Waals surface area contributed by atoms with Gasteiger partial charge in [0.25, 0.3) is 5.56 Å². The lowest BCUT2D eigenvalue weighted by atomic mass is 10.3. The Morgan fingerprint density at radius 2 is 2.15 bits per heavy atom. The number of aromatic nitrogens is 4. The zero-order valence-corrected chi connectivity index (χ0v) is 11.7. The largest absolute Gasteiger partial charge is 0.389 e. The van der Waals surface area contributed by atoms with E-state index in [-0.39, 0.29) is 30.4 Å². The number of nitrogens with one attached hydrogen (secondary N) is 1. The third-order valence-corrected chi connectivity index (χ3v) is 2.91. The van der Waals surface area contributed by atoms with Gasteiger partial charge in [0, 0.05) is 7.05 Å². The van der Waals surface area contributed by atoms with E-state index in [2.05, 4.69) is 9.97 Å². The van der Waals surface area contributed by atoms with Crippen molar-refractivity contribution in [2.45, 2.75) is 32.6 Å². The van der Waals surface area contributed by atoms with Crippen LogP contribution in [0.25, 0.3) is 11.2 Å². The van der Waals surface area contributed by atoms with Gasteiger partial charge in [0.2, 0.25) is 0 Å². The van der Waals surface area contributed by atoms with Crippen LogP contribution < -0.4 is 11.2 Å². The van der Waals surface area contributed by atoms with Crippen molar-refractivity contribution in [1.29, 1.82) is 0 Å². The summed E-state index contributed by atoms with van der Waals surface area (Å²) in [5, 5.41) is 9.89. The molecule has 0 fully saturated rings. The van der Waals surface area contributed by atoms with Crippen molar-refractivity contribution >= 4 is 11.2 Å². The lowest BCUT2D eigenvalue weighted by Gasteiger charge is -2.14. The normalized spacial score (nSPS) is 13.2. The Morgan fingerprint density at radius 3 is 2.80 bits per heavy atom. The minimum absolute atomic E-state index is 0.0217. The van der Waals surface area contributed by atoms with Gasteiger partial charge in [0.05, 0.1) is 31.7 Å². The zero-order valence-electron chi connectivity index (χ0n) is 11.7. The molecule has 110 valence electrons. The highest BCUT2D eigenvalue weighted by atomic mass is 16.5. The minimum atomic E-state index is -0.758. The van der Waals surface area contributed by atoms with Gasteiger partial charge in [-0.25, -0.2) is 9.78 Å². The summed E-state index contributed by atoms with van der Waals surface area (Å²) in [5.41, 5.74) is -0.486. The quantitative estimate of drug-likeness (QED) is 0.748. The Morgan fingerprint density at radius 1 is 1.45 bits per heavy atom. The predicted octanol–water partition coefficient (Wildman–Crippen LogP) is -0.791. The maximum atomic E-state index is 11.8. The molecule has 1 atom stereocenters. The molecule has 0 radical (unpaired) electrons. The number of aryl methyl sites for hydroxylation is 1. The first-order chi connectivity index (χ1) is 9.40. The second-order valence-electron chi connectivity index (χ2n) is 4.92. The van der Waals surface area contributed by atoms with E-state index in [9.17, 15) is 14.7 Å². The predicted molar refractivity (Wildman–Crippen MR) is 72.7 cm³/mol. The summed E-state index contributed by atoms with van der Waals surface area (Å²) in [6.07, 6.45) is 0.692. The average Bonchev–Trinajstić information content (AvgIpc) is 2.78. The highest BCUT2D eigenvalue weighted by Gasteiger charge is 2.14. The van der Waals surface area contributed by atoms with Gasteiger partial charge in [-0.1, -0.05) is 0 Å². The molecule has 0 spiro atoms. The third kappa shape index (κ3) is 2.81. The van der Waals surface area contributed by atoms with Gasteiger partial charge in [-0.05, 0) is 13.8 Å². The molecule has 2 aromatic rings. The molecular weight excluding hydrogens is 264 g/mol. The first kappa shape index (κ1) is 14.5. The van der Waals surface area contributed by atoms with Crippen molar-refractivity contribution in [2.75, 3.05) is 6.61 Å². The molecule has 20 heavy (non-hydrogen) atoms. The minimum Gasteiger partial charge on any atom is -0.389 e. The van der Waals surface area contributed by atoms with Crippen LogP contribution in [0, 0.1) is 0 Å². The molecule has 2 rings (SSSR count). The van der Waals surface area contributed by atoms with Gasteiger partial charge in [0.1, 0.15) is 0 Å². The van der Waals surface area contributed by atoms with E-state index >= 15 is 0 Å². The molecule has 0 saturated heterocycles. The number of hydrogen-bond donors (Lipinski definition) is 2. The summed E-state index contributed by atoms with van der Waals surface area (Å²) < 4.78 is 8.08. The SMILES string of the molecule is CC(C)OC[C@H](O)Cn1cnc2c1c(=O)[nH]c(=O)n2C. The number of aromatic amines is 1. The molecule has 0 saturated carbocycles. The Labute approximate surface area is 114 Å². The number of imidazole rings is 1. The lowest BCUT2D eigenvalue weighted by Crippen LogP contribution is -2.30. The molecule has 8 heteroatoms. The van der Waals surface area contributed by atoms with Gasteiger partial charge in [-0.2, -0.15) is 0 Å². The molecule has 0 unspecified atom stereocenters. The van der Waals surface area contributed by atoms with Crippen molar-refractivity contribution < 1.29 is 9.84 Å². The van der Waals surface area contributed by atoms with Crippen LogP contribution in [-0.4, -0.2) is 43.0 Å². The molecule has 0 aromatic carbocycles. The number of fused-ring (bicyclic) bond motifs is 1. The number of aliphatic hydroxyl groups excluding tert-OH is 1. The van der Waals surface area contributed by atoms with Crippen molar-refractivity contribution in [3.05, 3.63) is 27.2 Å². The number of ether oxygens (including phenoxy) is 1. The monoisotopic (exact) mass is 282 g/mol. The first-order valence-electron chi connectivity index (χ1n) is 6.34. The van der Waals surface area contributed by atoms with Crippen molar-refractivity contribution in [2.24, 2.45) is 7.05 Å². The second kappa shape index (κ2) is 5.59. The first-order valence-corrected chi connectivity index (χ1v) is 6.34. The summed E-state index contributed by atoms with van der Waals surface area (Å²) in [6, 6.07) is 0. The highest BCUT2D eigenvalue weighted by molar-refractivity contribution is 5.69. The van der Waals surface area contributed by atoms with E-state index in [0.29, 0.717) is 0 Å². The van der Waals surface area contributed by atoms with E-state index in [1.807, 2.05) is 13.8 Å². The fraction of sp³-hybridized carbons (Fsp3) is 0.583. The van der Waals surface area contributed by atoms with Crippen LogP contribution in [0.5, 0.6) is 0 Å². The van der Waals surface area contributed by atoms with Crippen LogP contribution in [0.4, 0.5) is 0 Å². The molecule has 8 nitrogen and oxygen atoms in total. The average molecular weight is 282 g/mol. The summed E-state index contributed by atoms with van der Waals surface area (Å²) in [5.74, 6) is 0. The molecule has 0 bridgehead atoms. The fourth-order valence-corrected chi connectivity index (χ4v) is 1.91. The summed E-state index contributed by atoms with van der Waals surface area (Å²) >= 11 is 0. The zero-order chi connectivity index (χ0) is 14.9. The van der Waals surface area contributed by atoms with Crippen molar-refractivity contribution in [1.82, 2.24) is 19.1 Å². The van der Waals surface area contributed by atoms with Gasteiger partial charge in [-0.3, -0.25) is 14.3 Å². The third-order valence-electron chi connectivity index (χ3n) is 2.91. The molecule has 2 heterocycles. The Hall–Kier alpha value is -1.93. The molecule has 0 amide bonds. The van der Waals surface area contributed by atoms with Gasteiger partial charge in [-0.15, -0.1) is 0 Å². The smallest absolute Gasteiger partial charge is 0.329 e. The van der Waals surface area contributed by atoms with Crippen LogP contribution in [-0.2, 0) is 18.3 Å². The number of H-pyrrole nitrogens is 1. The van der Waals surface area contributed by atoms with Crippen LogP contribution in [0.15, 0.2) is 15.9 Å². The van der Waals surface area contributed by atoms with E-state index in [4.69, 9.17) is 4.74 Å². The Bertz CT molecular complexity index is 712. The highest BCUT2D eigenvalue weighted by Crippen LogP contribution is 2.06. The maximum absolute atomic E-state index is 11.8. The number of nitrogens with zero attached hydrogens (tertiary/aromatic N) is 3. The fourth-order valence-electron chi connectivity index (χ4n) is 1.91. The van der Waals surface area contributed by atoms with Crippen LogP contribution in [0.1, 0.15) is 13.8 Å². The summed E-state index contributed by atoms with van der Waals surface area (Å²) in [7, 11) is 1.52. The van der Waals surface area contributed by atoms with E-state index < -0.39 is 17.4 Å². The van der Waals surface area contributed by atoms with E-state index in [0.717, 1.165) is 0 Å². The van der Waals surface area contributed by atoms with Crippen LogP contribution >= 0.6 is 0 Å². The van der Waals surface area contributed by atoms with Crippen molar-refractivity contribution in [3.63, 3.8) is 0 Å². The topological polar surface area (TPSA) is 102 Å². The molecule has 2 N–H and O–H groups in total. The number of hydrogen-bond acceptors (Lipinski definition) is 5. The van der Waals surface area contributed by atoms with E-state index in [1.165, 1.54) is 22.5 Å². The number of aliphatic hydroxyl groups is 1. The van der Waals surface area contributed by atoms with Gasteiger partial charge >= 0.3 is 5.69 Å². The number of rotatable bonds is 5. The van der Waals surface area contributed by atoms with Crippen molar-refractivity contribution in [3.8, 4) is 0 Å². The maximum Gasteiger partial charge on any atom is 0.329 e. The van der Waals surface area contributed by atoms with Gasteiger partial charge < -0.3 is 14.4 Å². The van der Waals surface area contributed by atoms with Crippen LogP contribution in [0.3, 0.4) is 0 Å². The standard InChI is InChI=1S/C12H18N4O4/c1-7(2)20-5-8(17)4-16-6-13-10-9(16)11(18)14-12(19)15(10)3/h6-8,17H,4-5H2,1-3H3,(H,14,18,19)/t8-/m1/s1. The van der Waals surface area contributed by atoms with E-state index in [1.54, 1.807) is 0 Å². The Kier molecular flexibility index (Phi) is 4.05. The molecule has 2 aromatic heterocycles. The molecular formula is C12H18N4O4. The second-order valence-corrected chi connectivity index (χ2v) is 4.92.